The van der Waals surface area contributed by atoms with Crippen molar-refractivity contribution in [3.63, 3.8) is 0 Å². The summed E-state index contributed by atoms with van der Waals surface area (Å²) in [7, 11) is 4.74. The summed E-state index contributed by atoms with van der Waals surface area (Å²) in [4.78, 5) is 17.7. The van der Waals surface area contributed by atoms with Gasteiger partial charge in [-0.1, -0.05) is 35.3 Å². The number of aliphatic imine (C=N–C) groups is 1. The number of aromatic hydroxyl groups is 1. The summed E-state index contributed by atoms with van der Waals surface area (Å²) in [6.07, 6.45) is 0. The lowest BCUT2D eigenvalue weighted by molar-refractivity contribution is 0.0824. The molecule has 0 spiro atoms. The smallest absolute Gasteiger partial charge is 0.257 e. The van der Waals surface area contributed by atoms with Crippen LogP contribution in [-0.4, -0.2) is 48.7 Å². The molecule has 148 valence electrons. The summed E-state index contributed by atoms with van der Waals surface area (Å²) in [5, 5.41) is 17.1. The van der Waals surface area contributed by atoms with E-state index in [2.05, 4.69) is 32.8 Å². The van der Waals surface area contributed by atoms with Crippen molar-refractivity contribution < 1.29 is 9.90 Å². The minimum Gasteiger partial charge on any atom is -0.505 e. The van der Waals surface area contributed by atoms with E-state index < -0.39 is 0 Å². The highest BCUT2D eigenvalue weighted by molar-refractivity contribution is 7.79. The number of phenols is 1. The molecule has 0 atom stereocenters. The fraction of sp³-hybridized carbons (Fsp3) is 0.167. The highest BCUT2D eigenvalue weighted by Crippen LogP contribution is 2.31. The van der Waals surface area contributed by atoms with Crippen LogP contribution in [0.2, 0.25) is 10.0 Å². The SMILES string of the molecule is C/N=C(Nc1cccc(C(=O)N(C)C)c1O)\C(=N/S)Nc1cccc(Cl)c1Cl. The van der Waals surface area contributed by atoms with Crippen molar-refractivity contribution in [3.8, 4) is 5.75 Å². The van der Waals surface area contributed by atoms with Crippen LogP contribution in [0.4, 0.5) is 11.4 Å². The molecule has 10 heteroatoms. The minimum absolute atomic E-state index is 0.153. The number of benzene rings is 2. The molecule has 2 rings (SSSR count). The summed E-state index contributed by atoms with van der Waals surface area (Å²) < 4.78 is 3.89. The highest BCUT2D eigenvalue weighted by atomic mass is 35.5. The zero-order valence-corrected chi connectivity index (χ0v) is 17.8. The standard InChI is InChI=1S/C18H19Cl2N5O2S/c1-21-16(17(24-28)22-12-8-5-7-11(19)14(12)20)23-13-9-4-6-10(15(13)26)18(27)25(2)3/h4-9,26,28H,1-3H3,(H,21,23)(H,22,24). The van der Waals surface area contributed by atoms with Crippen LogP contribution in [0.3, 0.4) is 0 Å². The van der Waals surface area contributed by atoms with Crippen LogP contribution in [0.15, 0.2) is 45.8 Å². The van der Waals surface area contributed by atoms with Gasteiger partial charge in [-0.25, -0.2) is 0 Å². The number of anilines is 2. The monoisotopic (exact) mass is 439 g/mol. The van der Waals surface area contributed by atoms with Crippen LogP contribution in [0.1, 0.15) is 10.4 Å². The number of para-hydroxylation sites is 1. The lowest BCUT2D eigenvalue weighted by Gasteiger charge is -2.17. The van der Waals surface area contributed by atoms with Crippen molar-refractivity contribution >= 4 is 65.0 Å². The third-order valence-electron chi connectivity index (χ3n) is 3.68. The van der Waals surface area contributed by atoms with Crippen molar-refractivity contribution in [2.75, 3.05) is 31.8 Å². The minimum atomic E-state index is -0.331. The van der Waals surface area contributed by atoms with Gasteiger partial charge in [0.15, 0.2) is 17.4 Å². The van der Waals surface area contributed by atoms with E-state index in [9.17, 15) is 9.90 Å². The van der Waals surface area contributed by atoms with Crippen LogP contribution >= 0.6 is 36.0 Å². The Morgan fingerprint density at radius 3 is 2.29 bits per heavy atom. The van der Waals surface area contributed by atoms with E-state index in [-0.39, 0.29) is 34.6 Å². The topological polar surface area (TPSA) is 89.3 Å². The Kier molecular flexibility index (Phi) is 7.56. The zero-order chi connectivity index (χ0) is 20.8. The summed E-state index contributed by atoms with van der Waals surface area (Å²) in [5.41, 5.74) is 0.938. The van der Waals surface area contributed by atoms with E-state index in [0.717, 1.165) is 0 Å². The maximum atomic E-state index is 12.2. The fourth-order valence-electron chi connectivity index (χ4n) is 2.27. The molecule has 0 aromatic heterocycles. The van der Waals surface area contributed by atoms with E-state index in [1.165, 1.54) is 18.0 Å². The molecule has 2 aromatic rings. The predicted octanol–water partition coefficient (Wildman–Crippen LogP) is 4.20. The Morgan fingerprint density at radius 1 is 1.07 bits per heavy atom. The van der Waals surface area contributed by atoms with Crippen molar-refractivity contribution in [3.05, 3.63) is 52.0 Å². The second-order valence-corrected chi connectivity index (χ2v) is 6.76. The number of hydrogen-bond acceptors (Lipinski definition) is 5. The Balaban J connectivity index is 2.32. The van der Waals surface area contributed by atoms with E-state index in [1.807, 2.05) is 0 Å². The average Bonchev–Trinajstić information content (AvgIpc) is 2.68. The zero-order valence-electron chi connectivity index (χ0n) is 15.4. The van der Waals surface area contributed by atoms with Gasteiger partial charge in [-0.3, -0.25) is 9.79 Å². The van der Waals surface area contributed by atoms with Gasteiger partial charge in [0.25, 0.3) is 5.91 Å². The largest absolute Gasteiger partial charge is 0.505 e. The number of amides is 1. The van der Waals surface area contributed by atoms with Gasteiger partial charge in [-0.05, 0) is 37.1 Å². The van der Waals surface area contributed by atoms with Gasteiger partial charge in [0.1, 0.15) is 0 Å². The number of phenolic OH excluding ortho intramolecular Hbond substituents is 1. The van der Waals surface area contributed by atoms with Crippen molar-refractivity contribution in [2.24, 2.45) is 9.39 Å². The molecule has 0 fully saturated rings. The van der Waals surface area contributed by atoms with E-state index in [1.54, 1.807) is 44.4 Å². The Bertz CT molecular complexity index is 948. The second-order valence-electron chi connectivity index (χ2n) is 5.77. The number of halogens is 2. The molecule has 2 aromatic carbocycles. The quantitative estimate of drug-likeness (QED) is 0.249. The van der Waals surface area contributed by atoms with Gasteiger partial charge in [0.05, 0.1) is 27.0 Å². The fourth-order valence-corrected chi connectivity index (χ4v) is 2.76. The maximum absolute atomic E-state index is 12.2. The van der Waals surface area contributed by atoms with Crippen LogP contribution in [-0.2, 0) is 0 Å². The van der Waals surface area contributed by atoms with E-state index >= 15 is 0 Å². The first-order valence-electron chi connectivity index (χ1n) is 8.01. The number of nitrogens with one attached hydrogen (secondary N) is 2. The Morgan fingerprint density at radius 2 is 1.68 bits per heavy atom. The third kappa shape index (κ3) is 4.89. The van der Waals surface area contributed by atoms with Gasteiger partial charge >= 0.3 is 0 Å². The van der Waals surface area contributed by atoms with Gasteiger partial charge in [-0.2, -0.15) is 4.40 Å². The van der Waals surface area contributed by atoms with Crippen LogP contribution < -0.4 is 10.6 Å². The second kappa shape index (κ2) is 9.68. The molecule has 28 heavy (non-hydrogen) atoms. The van der Waals surface area contributed by atoms with E-state index in [0.29, 0.717) is 15.7 Å². The summed E-state index contributed by atoms with van der Waals surface area (Å²) in [6, 6.07) is 9.88. The normalized spacial score (nSPS) is 11.9. The number of thiol groups is 1. The molecule has 0 heterocycles. The van der Waals surface area contributed by atoms with Crippen LogP contribution in [0, 0.1) is 0 Å². The molecule has 0 unspecified atom stereocenters. The predicted molar refractivity (Wildman–Crippen MR) is 120 cm³/mol. The van der Waals surface area contributed by atoms with Gasteiger partial charge in [-0.15, -0.1) is 0 Å². The number of carbonyl (C=O) groups is 1. The number of nitrogens with zero attached hydrogens (tertiary/aromatic N) is 3. The Labute approximate surface area is 178 Å². The molecule has 7 nitrogen and oxygen atoms in total. The van der Waals surface area contributed by atoms with Crippen molar-refractivity contribution in [1.29, 1.82) is 0 Å². The first-order chi connectivity index (χ1) is 13.3. The molecule has 3 N–H and O–H groups in total. The van der Waals surface area contributed by atoms with Gasteiger partial charge in [0, 0.05) is 21.1 Å². The van der Waals surface area contributed by atoms with Crippen LogP contribution in [0.25, 0.3) is 0 Å². The highest BCUT2D eigenvalue weighted by Gasteiger charge is 2.18. The number of carbonyl (C=O) groups excluding carboxylic acids is 1. The number of hydrogen-bond donors (Lipinski definition) is 4. The maximum Gasteiger partial charge on any atom is 0.257 e. The first kappa shape index (κ1) is 21.9. The summed E-state index contributed by atoms with van der Waals surface area (Å²) >= 11 is 16.2. The molecule has 0 aliphatic heterocycles. The lowest BCUT2D eigenvalue weighted by atomic mass is 10.1. The molecular weight excluding hydrogens is 421 g/mol. The summed E-state index contributed by atoms with van der Waals surface area (Å²) in [6.45, 7) is 0. The Hall–Kier alpha value is -2.42. The molecule has 0 radical (unpaired) electrons. The van der Waals surface area contributed by atoms with Gasteiger partial charge < -0.3 is 20.6 Å². The molecule has 0 saturated carbocycles. The number of amidine groups is 2. The van der Waals surface area contributed by atoms with Crippen molar-refractivity contribution in [1.82, 2.24) is 4.90 Å². The molecule has 0 aliphatic rings. The molecule has 0 aliphatic carbocycles. The number of rotatable bonds is 3. The molecule has 0 saturated heterocycles. The van der Waals surface area contributed by atoms with Crippen molar-refractivity contribution in [2.45, 2.75) is 0 Å². The van der Waals surface area contributed by atoms with Crippen LogP contribution in [0.5, 0.6) is 5.75 Å². The first-order valence-corrected chi connectivity index (χ1v) is 9.16. The molecular formula is C18H19Cl2N5O2S. The lowest BCUT2D eigenvalue weighted by Crippen LogP contribution is -2.30. The third-order valence-corrected chi connectivity index (χ3v) is 4.70. The molecule has 0 bridgehead atoms. The van der Waals surface area contributed by atoms with Gasteiger partial charge in [0.2, 0.25) is 0 Å². The van der Waals surface area contributed by atoms with E-state index in [4.69, 9.17) is 23.2 Å². The average molecular weight is 440 g/mol. The summed E-state index contributed by atoms with van der Waals surface area (Å²) in [5.74, 6) is -0.0424. The molecule has 1 amide bonds.